The predicted molar refractivity (Wildman–Crippen MR) is 179 cm³/mol. The molecular weight excluding hydrogens is 546 g/mol. The lowest BCUT2D eigenvalue weighted by Gasteiger charge is -2.25. The molecule has 6 rings (SSSR count). The minimum atomic E-state index is -0.520. The van der Waals surface area contributed by atoms with Gasteiger partial charge in [-0.15, -0.1) is 0 Å². The maximum Gasteiger partial charge on any atom is 0.409 e. The van der Waals surface area contributed by atoms with Crippen LogP contribution in [0.25, 0.3) is 32.7 Å². The van der Waals surface area contributed by atoms with Crippen LogP contribution in [0.1, 0.15) is 18.1 Å². The zero-order valence-corrected chi connectivity index (χ0v) is 24.4. The molecule has 6 aromatic rings. The van der Waals surface area contributed by atoms with Crippen LogP contribution < -0.4 is 16.0 Å². The number of ether oxygens (including phenoxy) is 1. The topological polar surface area (TPSA) is 79.5 Å². The number of amides is 2. The first kappa shape index (κ1) is 28.5. The highest BCUT2D eigenvalue weighted by molar-refractivity contribution is 6.15. The number of carbonyl (C=O) groups excluding carboxylic acids is 2. The number of alkyl carbamates (subject to hydrolysis) is 1. The summed E-state index contributed by atoms with van der Waals surface area (Å²) in [5.41, 5.74) is 5.33. The van der Waals surface area contributed by atoms with Crippen LogP contribution in [0, 0.1) is 0 Å². The third kappa shape index (κ3) is 6.55. The standard InChI is InChI=1S/C38H33N3O3/c1-26(42)39-33-22-20-29-16-8-10-18-31(29)36(33)37-32-19-11-9-17-30(32)21-23-34(37)40-35(24-27-12-4-2-5-13-27)41-38(43)44-25-28-14-6-3-7-15-28/h2-23,35,40H,24-25H2,1H3,(H,39,42)(H,41,43). The summed E-state index contributed by atoms with van der Waals surface area (Å²) in [6.07, 6.45) is -0.504. The van der Waals surface area contributed by atoms with Crippen molar-refractivity contribution in [2.45, 2.75) is 26.1 Å². The van der Waals surface area contributed by atoms with E-state index in [1.54, 1.807) is 0 Å². The molecule has 0 aromatic heterocycles. The van der Waals surface area contributed by atoms with Crippen LogP contribution in [0.2, 0.25) is 0 Å². The van der Waals surface area contributed by atoms with Crippen LogP contribution in [0.15, 0.2) is 133 Å². The average molecular weight is 580 g/mol. The van der Waals surface area contributed by atoms with E-state index in [0.29, 0.717) is 12.1 Å². The van der Waals surface area contributed by atoms with E-state index in [1.807, 2.05) is 103 Å². The van der Waals surface area contributed by atoms with Crippen LogP contribution in [0.4, 0.5) is 16.2 Å². The van der Waals surface area contributed by atoms with Crippen molar-refractivity contribution < 1.29 is 14.3 Å². The zero-order valence-electron chi connectivity index (χ0n) is 24.4. The molecule has 6 nitrogen and oxygen atoms in total. The van der Waals surface area contributed by atoms with Gasteiger partial charge in [-0.1, -0.05) is 121 Å². The number of hydrogen-bond donors (Lipinski definition) is 3. The van der Waals surface area contributed by atoms with Gasteiger partial charge in [0.2, 0.25) is 5.91 Å². The molecule has 6 heteroatoms. The fraction of sp³-hybridized carbons (Fsp3) is 0.105. The fourth-order valence-electron chi connectivity index (χ4n) is 5.58. The monoisotopic (exact) mass is 579 g/mol. The average Bonchev–Trinajstić information content (AvgIpc) is 3.05. The summed E-state index contributed by atoms with van der Waals surface area (Å²) in [7, 11) is 0. The van der Waals surface area contributed by atoms with Crippen LogP contribution in [-0.2, 0) is 22.6 Å². The van der Waals surface area contributed by atoms with E-state index in [9.17, 15) is 9.59 Å². The Bertz CT molecular complexity index is 1920. The molecule has 0 saturated heterocycles. The van der Waals surface area contributed by atoms with Crippen LogP contribution in [0.3, 0.4) is 0 Å². The minimum absolute atomic E-state index is 0.152. The van der Waals surface area contributed by atoms with Crippen molar-refractivity contribution in [3.05, 3.63) is 145 Å². The minimum Gasteiger partial charge on any atom is -0.445 e. The van der Waals surface area contributed by atoms with Gasteiger partial charge in [0, 0.05) is 35.8 Å². The van der Waals surface area contributed by atoms with E-state index in [4.69, 9.17) is 4.74 Å². The fourth-order valence-corrected chi connectivity index (χ4v) is 5.58. The number of carbonyl (C=O) groups is 2. The van der Waals surface area contributed by atoms with Gasteiger partial charge in [-0.2, -0.15) is 0 Å². The van der Waals surface area contributed by atoms with Gasteiger partial charge < -0.3 is 20.7 Å². The maximum atomic E-state index is 13.1. The van der Waals surface area contributed by atoms with Crippen LogP contribution in [0.5, 0.6) is 0 Å². The molecule has 1 atom stereocenters. The SMILES string of the molecule is CC(=O)Nc1ccc2ccccc2c1-c1c(NC(Cc2ccccc2)NC(=O)OCc2ccccc2)ccc2ccccc12. The normalized spacial score (nSPS) is 11.6. The number of benzene rings is 6. The summed E-state index contributed by atoms with van der Waals surface area (Å²) in [5, 5.41) is 13.9. The number of nitrogens with one attached hydrogen (secondary N) is 3. The van der Waals surface area contributed by atoms with Crippen molar-refractivity contribution in [2.75, 3.05) is 10.6 Å². The Hall–Kier alpha value is -5.62. The smallest absolute Gasteiger partial charge is 0.409 e. The first-order valence-electron chi connectivity index (χ1n) is 14.6. The zero-order chi connectivity index (χ0) is 30.3. The molecule has 2 amide bonds. The van der Waals surface area contributed by atoms with Gasteiger partial charge in [0.05, 0.1) is 0 Å². The van der Waals surface area contributed by atoms with Gasteiger partial charge in [0.1, 0.15) is 12.8 Å². The second kappa shape index (κ2) is 13.1. The molecule has 218 valence electrons. The number of anilines is 2. The van der Waals surface area contributed by atoms with Gasteiger partial charge in [-0.25, -0.2) is 4.79 Å². The molecule has 0 aliphatic carbocycles. The van der Waals surface area contributed by atoms with Crippen molar-refractivity contribution in [1.82, 2.24) is 5.32 Å². The highest BCUT2D eigenvalue weighted by atomic mass is 16.5. The van der Waals surface area contributed by atoms with E-state index in [1.165, 1.54) is 6.92 Å². The van der Waals surface area contributed by atoms with Crippen molar-refractivity contribution >= 4 is 44.9 Å². The van der Waals surface area contributed by atoms with E-state index < -0.39 is 12.3 Å². The molecule has 0 saturated carbocycles. The van der Waals surface area contributed by atoms with E-state index in [2.05, 4.69) is 46.3 Å². The van der Waals surface area contributed by atoms with Gasteiger partial charge in [-0.3, -0.25) is 4.79 Å². The lowest BCUT2D eigenvalue weighted by molar-refractivity contribution is -0.114. The molecule has 0 fully saturated rings. The summed E-state index contributed by atoms with van der Waals surface area (Å²) >= 11 is 0. The largest absolute Gasteiger partial charge is 0.445 e. The van der Waals surface area contributed by atoms with Gasteiger partial charge in [-0.05, 0) is 44.8 Å². The Kier molecular flexibility index (Phi) is 8.50. The Morgan fingerprint density at radius 3 is 1.75 bits per heavy atom. The molecule has 6 aromatic carbocycles. The summed E-state index contributed by atoms with van der Waals surface area (Å²) in [6.45, 7) is 1.68. The maximum absolute atomic E-state index is 13.1. The quantitative estimate of drug-likeness (QED) is 0.150. The molecule has 0 aliphatic rings. The Balaban J connectivity index is 1.44. The second-order valence-electron chi connectivity index (χ2n) is 10.7. The third-order valence-electron chi connectivity index (χ3n) is 7.54. The summed E-state index contributed by atoms with van der Waals surface area (Å²) in [6, 6.07) is 44.0. The molecule has 1 unspecified atom stereocenters. The van der Waals surface area contributed by atoms with E-state index in [-0.39, 0.29) is 12.5 Å². The molecule has 0 radical (unpaired) electrons. The van der Waals surface area contributed by atoms with Crippen molar-refractivity contribution in [3.63, 3.8) is 0 Å². The van der Waals surface area contributed by atoms with Crippen molar-refractivity contribution in [2.24, 2.45) is 0 Å². The molecule has 0 bridgehead atoms. The van der Waals surface area contributed by atoms with Gasteiger partial charge in [0.15, 0.2) is 0 Å². The Morgan fingerprint density at radius 2 is 1.14 bits per heavy atom. The Labute approximate surface area is 256 Å². The molecule has 44 heavy (non-hydrogen) atoms. The summed E-state index contributed by atoms with van der Waals surface area (Å²) in [5.74, 6) is -0.152. The third-order valence-corrected chi connectivity index (χ3v) is 7.54. The first-order chi connectivity index (χ1) is 21.5. The molecule has 0 heterocycles. The lowest BCUT2D eigenvalue weighted by atomic mass is 9.90. The Morgan fingerprint density at radius 1 is 0.614 bits per heavy atom. The first-order valence-corrected chi connectivity index (χ1v) is 14.6. The predicted octanol–water partition coefficient (Wildman–Crippen LogP) is 8.53. The highest BCUT2D eigenvalue weighted by Crippen LogP contribution is 2.43. The molecule has 0 aliphatic heterocycles. The van der Waals surface area contributed by atoms with Crippen LogP contribution >= 0.6 is 0 Å². The molecule has 0 spiro atoms. The van der Waals surface area contributed by atoms with Crippen molar-refractivity contribution in [3.8, 4) is 11.1 Å². The molecule has 3 N–H and O–H groups in total. The number of hydrogen-bond acceptors (Lipinski definition) is 4. The van der Waals surface area contributed by atoms with E-state index in [0.717, 1.165) is 49.5 Å². The second-order valence-corrected chi connectivity index (χ2v) is 10.7. The van der Waals surface area contributed by atoms with Crippen molar-refractivity contribution in [1.29, 1.82) is 0 Å². The van der Waals surface area contributed by atoms with Gasteiger partial charge >= 0.3 is 6.09 Å². The summed E-state index contributed by atoms with van der Waals surface area (Å²) in [4.78, 5) is 25.5. The molecular formula is C38H33N3O3. The summed E-state index contributed by atoms with van der Waals surface area (Å²) < 4.78 is 5.60. The van der Waals surface area contributed by atoms with Crippen LogP contribution in [-0.4, -0.2) is 18.2 Å². The highest BCUT2D eigenvalue weighted by Gasteiger charge is 2.21. The number of fused-ring (bicyclic) bond motifs is 2. The lowest BCUT2D eigenvalue weighted by Crippen LogP contribution is -2.42. The van der Waals surface area contributed by atoms with E-state index >= 15 is 0 Å². The van der Waals surface area contributed by atoms with Gasteiger partial charge in [0.25, 0.3) is 0 Å². The number of rotatable bonds is 9.